The highest BCUT2D eigenvalue weighted by atomic mass is 35.5. The van der Waals surface area contributed by atoms with E-state index < -0.39 is 0 Å². The number of nitrogens with zero attached hydrogens (tertiary/aromatic N) is 3. The summed E-state index contributed by atoms with van der Waals surface area (Å²) in [5.74, 6) is 1.35. The van der Waals surface area contributed by atoms with Crippen LogP contribution in [0.2, 0.25) is 0 Å². The zero-order valence-electron chi connectivity index (χ0n) is 13.2. The first kappa shape index (κ1) is 19.8. The minimum Gasteiger partial charge on any atom is -0.382 e. The molecule has 2 heterocycles. The molecule has 0 spiro atoms. The number of hydrogen-bond donors (Lipinski definition) is 4. The van der Waals surface area contributed by atoms with Gasteiger partial charge < -0.3 is 21.4 Å². The number of pyridine rings is 1. The highest BCUT2D eigenvalue weighted by molar-refractivity contribution is 6.06. The first-order valence-corrected chi connectivity index (χ1v) is 7.17. The molecule has 0 unspecified atom stereocenters. The van der Waals surface area contributed by atoms with Crippen molar-refractivity contribution in [2.24, 2.45) is 5.73 Å². The molecule has 0 fully saturated rings. The third kappa shape index (κ3) is 3.63. The molecule has 24 heavy (non-hydrogen) atoms. The number of anilines is 1. The van der Waals surface area contributed by atoms with E-state index in [0.29, 0.717) is 12.4 Å². The Morgan fingerprint density at radius 3 is 2.67 bits per heavy atom. The summed E-state index contributed by atoms with van der Waals surface area (Å²) >= 11 is 0. The lowest BCUT2D eigenvalue weighted by molar-refractivity contribution is 0.629. The van der Waals surface area contributed by atoms with Crippen LogP contribution < -0.4 is 16.8 Å². The summed E-state index contributed by atoms with van der Waals surface area (Å²) in [5.41, 5.74) is 14.0. The molecule has 0 atom stereocenters. The van der Waals surface area contributed by atoms with Crippen LogP contribution in [0.1, 0.15) is 12.2 Å². The van der Waals surface area contributed by atoms with E-state index in [0.717, 1.165) is 40.7 Å². The molecule has 130 valence electrons. The van der Waals surface area contributed by atoms with Crippen molar-refractivity contribution >= 4 is 58.5 Å². The van der Waals surface area contributed by atoms with E-state index in [1.54, 1.807) is 0 Å². The van der Waals surface area contributed by atoms with Crippen molar-refractivity contribution in [2.75, 3.05) is 12.3 Å². The molecule has 3 aromatic rings. The molecule has 1 aromatic carbocycles. The van der Waals surface area contributed by atoms with Gasteiger partial charge in [0.15, 0.2) is 11.8 Å². The van der Waals surface area contributed by atoms with Crippen LogP contribution in [0.25, 0.3) is 21.9 Å². The summed E-state index contributed by atoms with van der Waals surface area (Å²) in [6.45, 7) is 3.38. The predicted octanol–water partition coefficient (Wildman–Crippen LogP) is 2.19. The van der Waals surface area contributed by atoms with Crippen molar-refractivity contribution in [1.29, 1.82) is 5.41 Å². The van der Waals surface area contributed by atoms with Gasteiger partial charge in [0.2, 0.25) is 0 Å². The number of rotatable bonds is 4. The van der Waals surface area contributed by atoms with Crippen LogP contribution >= 0.6 is 24.8 Å². The van der Waals surface area contributed by atoms with Gasteiger partial charge in [-0.1, -0.05) is 18.2 Å². The molecule has 0 saturated heterocycles. The second-order valence-electron chi connectivity index (χ2n) is 5.22. The first-order valence-electron chi connectivity index (χ1n) is 7.17. The van der Waals surface area contributed by atoms with Gasteiger partial charge in [-0.25, -0.2) is 9.97 Å². The number of nitrogen functional groups attached to an aromatic ring is 1. The number of imidazole rings is 1. The Kier molecular flexibility index (Phi) is 6.62. The van der Waals surface area contributed by atoms with Gasteiger partial charge in [0, 0.05) is 18.5 Å². The molecule has 3 rings (SSSR count). The van der Waals surface area contributed by atoms with E-state index in [9.17, 15) is 0 Å². The van der Waals surface area contributed by atoms with Crippen molar-refractivity contribution in [3.63, 3.8) is 0 Å². The maximum Gasteiger partial charge on any atom is 0.185 e. The van der Waals surface area contributed by atoms with Crippen molar-refractivity contribution in [2.45, 2.75) is 19.9 Å². The minimum atomic E-state index is -0.00824. The third-order valence-electron chi connectivity index (χ3n) is 3.68. The number of benzene rings is 1. The molecule has 0 saturated carbocycles. The lowest BCUT2D eigenvalue weighted by Gasteiger charge is -2.09. The van der Waals surface area contributed by atoms with E-state index in [1.165, 1.54) is 0 Å². The van der Waals surface area contributed by atoms with Gasteiger partial charge in [0.1, 0.15) is 11.3 Å². The van der Waals surface area contributed by atoms with Crippen molar-refractivity contribution in [3.8, 4) is 0 Å². The highest BCUT2D eigenvalue weighted by Gasteiger charge is 2.14. The second kappa shape index (κ2) is 8.03. The van der Waals surface area contributed by atoms with E-state index in [4.69, 9.17) is 16.9 Å². The maximum absolute atomic E-state index is 7.18. The molecule has 0 bridgehead atoms. The third-order valence-corrected chi connectivity index (χ3v) is 3.68. The molecule has 6 N–H and O–H groups in total. The van der Waals surface area contributed by atoms with Gasteiger partial charge >= 0.3 is 0 Å². The average molecular weight is 370 g/mol. The van der Waals surface area contributed by atoms with Gasteiger partial charge in [-0.15, -0.1) is 24.8 Å². The predicted molar refractivity (Wildman–Crippen MR) is 103 cm³/mol. The molecule has 2 aromatic heterocycles. The zero-order chi connectivity index (χ0) is 15.7. The zero-order valence-corrected chi connectivity index (χ0v) is 14.9. The van der Waals surface area contributed by atoms with E-state index >= 15 is 0 Å². The van der Waals surface area contributed by atoms with Crippen LogP contribution in [0.15, 0.2) is 24.3 Å². The fourth-order valence-electron chi connectivity index (χ4n) is 2.70. The van der Waals surface area contributed by atoms with Crippen LogP contribution in [-0.2, 0) is 6.54 Å². The molecule has 0 aliphatic rings. The molecule has 0 aliphatic heterocycles. The summed E-state index contributed by atoms with van der Waals surface area (Å²) in [6, 6.07) is 7.93. The molecule has 0 amide bonds. The SMILES string of the molecule is Cc1nc2c(N)nc3ccccc3c2n1CCCNC(=N)N.Cl.Cl. The highest BCUT2D eigenvalue weighted by Crippen LogP contribution is 2.28. The van der Waals surface area contributed by atoms with E-state index in [2.05, 4.69) is 19.9 Å². The van der Waals surface area contributed by atoms with Crippen LogP contribution in [0.4, 0.5) is 5.82 Å². The van der Waals surface area contributed by atoms with E-state index in [1.807, 2.05) is 31.2 Å². The number of hydrogen-bond acceptors (Lipinski definition) is 4. The van der Waals surface area contributed by atoms with Gasteiger partial charge in [-0.3, -0.25) is 5.41 Å². The summed E-state index contributed by atoms with van der Waals surface area (Å²) in [5, 5.41) is 11.0. The smallest absolute Gasteiger partial charge is 0.185 e. The summed E-state index contributed by atoms with van der Waals surface area (Å²) in [6.07, 6.45) is 0.836. The first-order chi connectivity index (χ1) is 10.6. The Balaban J connectivity index is 0.00000144. The van der Waals surface area contributed by atoms with Gasteiger partial charge in [0.05, 0.1) is 11.0 Å². The molecule has 9 heteroatoms. The van der Waals surface area contributed by atoms with Crippen LogP contribution in [0.3, 0.4) is 0 Å². The Morgan fingerprint density at radius 2 is 1.96 bits per heavy atom. The molecule has 0 radical (unpaired) electrons. The number of aromatic nitrogens is 3. The number of halogens is 2. The summed E-state index contributed by atoms with van der Waals surface area (Å²) in [7, 11) is 0. The second-order valence-corrected chi connectivity index (χ2v) is 5.22. The quantitative estimate of drug-likeness (QED) is 0.319. The standard InChI is InChI=1S/C15H19N7.2ClH/c1-9-20-12-13(22(9)8-4-7-19-15(17)18)10-5-2-3-6-11(10)21-14(12)16;;/h2-3,5-6H,4,7-8H2,1H3,(H2,16,21)(H4,17,18,19);2*1H. The Bertz CT molecular complexity index is 860. The number of guanidine groups is 1. The Morgan fingerprint density at radius 1 is 1.25 bits per heavy atom. The molecular weight excluding hydrogens is 349 g/mol. The van der Waals surface area contributed by atoms with Crippen LogP contribution in [0.5, 0.6) is 0 Å². The monoisotopic (exact) mass is 369 g/mol. The van der Waals surface area contributed by atoms with Gasteiger partial charge in [-0.2, -0.15) is 0 Å². The van der Waals surface area contributed by atoms with Crippen molar-refractivity contribution in [1.82, 2.24) is 19.9 Å². The number of nitrogens with two attached hydrogens (primary N) is 2. The van der Waals surface area contributed by atoms with Gasteiger partial charge in [0.25, 0.3) is 0 Å². The van der Waals surface area contributed by atoms with E-state index in [-0.39, 0.29) is 30.8 Å². The normalized spacial score (nSPS) is 10.2. The average Bonchev–Trinajstić information content (AvgIpc) is 2.81. The Hall–Kier alpha value is -2.25. The fraction of sp³-hybridized carbons (Fsp3) is 0.267. The lowest BCUT2D eigenvalue weighted by atomic mass is 10.2. The molecule has 7 nitrogen and oxygen atoms in total. The number of para-hydroxylation sites is 1. The largest absolute Gasteiger partial charge is 0.382 e. The molecule has 0 aliphatic carbocycles. The van der Waals surface area contributed by atoms with Crippen molar-refractivity contribution < 1.29 is 0 Å². The van der Waals surface area contributed by atoms with Crippen molar-refractivity contribution in [3.05, 3.63) is 30.1 Å². The lowest BCUT2D eigenvalue weighted by Crippen LogP contribution is -2.31. The maximum atomic E-state index is 7.18. The number of nitrogens with one attached hydrogen (secondary N) is 2. The number of fused-ring (bicyclic) bond motifs is 3. The fourth-order valence-corrected chi connectivity index (χ4v) is 2.70. The number of aryl methyl sites for hydroxylation is 2. The molecular formula is C15H21Cl2N7. The Labute approximate surface area is 152 Å². The topological polar surface area (TPSA) is 119 Å². The summed E-state index contributed by atoms with van der Waals surface area (Å²) < 4.78 is 2.15. The van der Waals surface area contributed by atoms with Crippen LogP contribution in [0, 0.1) is 12.3 Å². The summed E-state index contributed by atoms with van der Waals surface area (Å²) in [4.78, 5) is 8.99. The van der Waals surface area contributed by atoms with Crippen LogP contribution in [-0.4, -0.2) is 27.0 Å². The van der Waals surface area contributed by atoms with Gasteiger partial charge in [-0.05, 0) is 19.4 Å². The minimum absolute atomic E-state index is 0.